The highest BCUT2D eigenvalue weighted by Gasteiger charge is 2.10. The van der Waals surface area contributed by atoms with E-state index in [0.717, 1.165) is 24.6 Å². The topological polar surface area (TPSA) is 12.0 Å². The van der Waals surface area contributed by atoms with Crippen molar-refractivity contribution in [3.05, 3.63) is 48.6 Å². The van der Waals surface area contributed by atoms with Crippen LogP contribution in [-0.2, 0) is 0 Å². The SMILES string of the molecule is CCCCC/C=C\C/C=C\CCCCCCCCC(CCCCCCCC/C=C\C/C=C\CCCCC)SSCCNC. The first-order valence-electron chi connectivity index (χ1n) is 18.9. The van der Waals surface area contributed by atoms with Crippen molar-refractivity contribution in [1.82, 2.24) is 5.32 Å². The lowest BCUT2D eigenvalue weighted by Gasteiger charge is -2.16. The smallest absolute Gasteiger partial charge is 0.0162 e. The molecule has 0 radical (unpaired) electrons. The van der Waals surface area contributed by atoms with Crippen LogP contribution in [0.2, 0.25) is 0 Å². The van der Waals surface area contributed by atoms with Crippen LogP contribution in [0.3, 0.4) is 0 Å². The second-order valence-electron chi connectivity index (χ2n) is 12.4. The first-order valence-corrected chi connectivity index (χ1v) is 21.3. The average molecular weight is 634 g/mol. The molecule has 0 aliphatic rings. The van der Waals surface area contributed by atoms with Crippen molar-refractivity contribution in [3.8, 4) is 0 Å². The summed E-state index contributed by atoms with van der Waals surface area (Å²) in [6.07, 6.45) is 54.1. The minimum absolute atomic E-state index is 0.860. The summed E-state index contributed by atoms with van der Waals surface area (Å²) in [4.78, 5) is 0. The molecule has 0 aliphatic carbocycles. The first-order chi connectivity index (χ1) is 21.3. The summed E-state index contributed by atoms with van der Waals surface area (Å²) < 4.78 is 0. The molecule has 0 fully saturated rings. The Morgan fingerprint density at radius 2 is 0.837 bits per heavy atom. The summed E-state index contributed by atoms with van der Waals surface area (Å²) in [6.45, 7) is 5.67. The normalized spacial score (nSPS) is 12.5. The third kappa shape index (κ3) is 37.7. The molecular weight excluding hydrogens is 559 g/mol. The van der Waals surface area contributed by atoms with Gasteiger partial charge in [-0.2, -0.15) is 0 Å². The van der Waals surface area contributed by atoms with Gasteiger partial charge in [0.25, 0.3) is 0 Å². The van der Waals surface area contributed by atoms with Crippen LogP contribution in [0, 0.1) is 0 Å². The van der Waals surface area contributed by atoms with E-state index in [2.05, 4.69) is 96.4 Å². The van der Waals surface area contributed by atoms with Crippen LogP contribution in [-0.4, -0.2) is 24.6 Å². The van der Waals surface area contributed by atoms with Gasteiger partial charge in [0.15, 0.2) is 0 Å². The lowest BCUT2D eigenvalue weighted by molar-refractivity contribution is 0.539. The van der Waals surface area contributed by atoms with Gasteiger partial charge in [0.05, 0.1) is 0 Å². The number of hydrogen-bond acceptors (Lipinski definition) is 3. The number of unbranched alkanes of at least 4 members (excludes halogenated alkanes) is 18. The summed E-state index contributed by atoms with van der Waals surface area (Å²) in [7, 11) is 6.35. The molecule has 0 rings (SSSR count). The Morgan fingerprint density at radius 3 is 1.23 bits per heavy atom. The Labute approximate surface area is 279 Å². The fourth-order valence-corrected chi connectivity index (χ4v) is 8.04. The molecular formula is C40H75NS2. The van der Waals surface area contributed by atoms with E-state index < -0.39 is 0 Å². The average Bonchev–Trinajstić information content (AvgIpc) is 3.02. The largest absolute Gasteiger partial charge is 0.319 e. The Hall–Kier alpha value is -0.380. The summed E-state index contributed by atoms with van der Waals surface area (Å²) in [5, 5.41) is 4.16. The molecule has 0 saturated heterocycles. The summed E-state index contributed by atoms with van der Waals surface area (Å²) in [5.74, 6) is 1.23. The molecule has 0 amide bonds. The third-order valence-corrected chi connectivity index (χ3v) is 11.1. The quantitative estimate of drug-likeness (QED) is 0.0423. The molecule has 0 atom stereocenters. The van der Waals surface area contributed by atoms with Gasteiger partial charge in [-0.25, -0.2) is 0 Å². The maximum absolute atomic E-state index is 3.30. The van der Waals surface area contributed by atoms with Gasteiger partial charge in [0, 0.05) is 17.5 Å². The van der Waals surface area contributed by atoms with Crippen LogP contribution >= 0.6 is 21.6 Å². The van der Waals surface area contributed by atoms with Gasteiger partial charge in [0.1, 0.15) is 0 Å². The minimum Gasteiger partial charge on any atom is -0.319 e. The molecule has 0 aromatic carbocycles. The predicted octanol–water partition coefficient (Wildman–Crippen LogP) is 14.4. The van der Waals surface area contributed by atoms with E-state index in [1.165, 1.54) is 160 Å². The highest BCUT2D eigenvalue weighted by molar-refractivity contribution is 8.76. The zero-order chi connectivity index (χ0) is 31.2. The van der Waals surface area contributed by atoms with Gasteiger partial charge in [-0.05, 0) is 84.1 Å². The van der Waals surface area contributed by atoms with E-state index >= 15 is 0 Å². The highest BCUT2D eigenvalue weighted by atomic mass is 33.1. The van der Waals surface area contributed by atoms with Crippen LogP contribution < -0.4 is 5.32 Å². The molecule has 252 valence electrons. The van der Waals surface area contributed by atoms with Crippen LogP contribution in [0.5, 0.6) is 0 Å². The maximum Gasteiger partial charge on any atom is 0.0162 e. The zero-order valence-electron chi connectivity index (χ0n) is 29.3. The van der Waals surface area contributed by atoms with Crippen molar-refractivity contribution in [1.29, 1.82) is 0 Å². The Bertz CT molecular complexity index is 576. The van der Waals surface area contributed by atoms with Crippen molar-refractivity contribution in [3.63, 3.8) is 0 Å². The fourth-order valence-electron chi connectivity index (χ4n) is 5.25. The standard InChI is InChI=1S/C40H75NS2/c1-4-6-8-10-12-14-16-18-20-22-24-26-28-30-32-34-36-40(43-42-39-38-41-3)37-35-33-31-29-27-25-23-21-19-17-15-13-11-9-7-5-2/h12-15,18-21,40-41H,4-11,16-17,22-39H2,1-3H3/b14-12-,15-13-,20-18-,21-19-. The van der Waals surface area contributed by atoms with E-state index in [4.69, 9.17) is 0 Å². The van der Waals surface area contributed by atoms with E-state index in [1.54, 1.807) is 0 Å². The number of rotatable bonds is 35. The lowest BCUT2D eigenvalue weighted by atomic mass is 10.0. The van der Waals surface area contributed by atoms with E-state index in [0.29, 0.717) is 0 Å². The fraction of sp³-hybridized carbons (Fsp3) is 0.800. The van der Waals surface area contributed by atoms with Gasteiger partial charge in [0.2, 0.25) is 0 Å². The van der Waals surface area contributed by atoms with Gasteiger partial charge >= 0.3 is 0 Å². The van der Waals surface area contributed by atoms with Crippen molar-refractivity contribution in [2.45, 2.75) is 186 Å². The van der Waals surface area contributed by atoms with Crippen molar-refractivity contribution in [2.24, 2.45) is 0 Å². The van der Waals surface area contributed by atoms with Crippen LogP contribution in [0.1, 0.15) is 181 Å². The molecule has 43 heavy (non-hydrogen) atoms. The molecule has 1 N–H and O–H groups in total. The third-order valence-electron chi connectivity index (χ3n) is 8.09. The predicted molar refractivity (Wildman–Crippen MR) is 206 cm³/mol. The highest BCUT2D eigenvalue weighted by Crippen LogP contribution is 2.33. The Balaban J connectivity index is 3.76. The first kappa shape index (κ1) is 42.6. The van der Waals surface area contributed by atoms with Crippen LogP contribution in [0.25, 0.3) is 0 Å². The summed E-state index contributed by atoms with van der Waals surface area (Å²) in [5.41, 5.74) is 0. The van der Waals surface area contributed by atoms with Crippen LogP contribution in [0.15, 0.2) is 48.6 Å². The monoisotopic (exact) mass is 634 g/mol. The second-order valence-corrected chi connectivity index (χ2v) is 15.2. The van der Waals surface area contributed by atoms with E-state index in [9.17, 15) is 0 Å². The van der Waals surface area contributed by atoms with E-state index in [1.807, 2.05) is 0 Å². The number of allylic oxidation sites excluding steroid dienone is 8. The van der Waals surface area contributed by atoms with Gasteiger partial charge in [-0.15, -0.1) is 0 Å². The molecule has 0 aromatic rings. The minimum atomic E-state index is 0.860. The molecule has 1 nitrogen and oxygen atoms in total. The van der Waals surface area contributed by atoms with Crippen LogP contribution in [0.4, 0.5) is 0 Å². The molecule has 0 heterocycles. The second kappa shape index (κ2) is 39.6. The van der Waals surface area contributed by atoms with Crippen molar-refractivity contribution in [2.75, 3.05) is 19.3 Å². The molecule has 0 aromatic heterocycles. The maximum atomic E-state index is 3.30. The molecule has 0 aliphatic heterocycles. The van der Waals surface area contributed by atoms with E-state index in [-0.39, 0.29) is 0 Å². The van der Waals surface area contributed by atoms with Crippen molar-refractivity contribution >= 4 is 21.6 Å². The number of nitrogens with one attached hydrogen (secondary N) is 1. The lowest BCUT2D eigenvalue weighted by Crippen LogP contribution is -2.10. The summed E-state index contributed by atoms with van der Waals surface area (Å²) >= 11 is 0. The Morgan fingerprint density at radius 1 is 0.465 bits per heavy atom. The Kier molecular flexibility index (Phi) is 39.3. The molecule has 0 spiro atoms. The zero-order valence-corrected chi connectivity index (χ0v) is 30.9. The molecule has 0 unspecified atom stereocenters. The van der Waals surface area contributed by atoms with Crippen molar-refractivity contribution < 1.29 is 0 Å². The molecule has 0 saturated carbocycles. The number of hydrogen-bond donors (Lipinski definition) is 1. The summed E-state index contributed by atoms with van der Waals surface area (Å²) in [6, 6.07) is 0. The van der Waals surface area contributed by atoms with Gasteiger partial charge < -0.3 is 5.32 Å². The van der Waals surface area contributed by atoms with Gasteiger partial charge in [-0.3, -0.25) is 0 Å². The molecule has 3 heteroatoms. The van der Waals surface area contributed by atoms with Gasteiger partial charge in [-0.1, -0.05) is 174 Å². The molecule has 0 bridgehead atoms.